The minimum absolute atomic E-state index is 0.0465. The van der Waals surface area contributed by atoms with Crippen molar-refractivity contribution in [2.24, 2.45) is 5.92 Å². The molecule has 0 bridgehead atoms. The maximum Gasteiger partial charge on any atom is 0.306 e. The number of carbonyl (C=O) groups is 3. The molecule has 0 radical (unpaired) electrons. The van der Waals surface area contributed by atoms with Gasteiger partial charge >= 0.3 is 5.97 Å². The van der Waals surface area contributed by atoms with Gasteiger partial charge in [0.15, 0.2) is 0 Å². The van der Waals surface area contributed by atoms with E-state index < -0.39 is 5.97 Å². The van der Waals surface area contributed by atoms with Crippen molar-refractivity contribution in [2.45, 2.75) is 38.0 Å². The van der Waals surface area contributed by atoms with E-state index in [0.29, 0.717) is 38.1 Å². The van der Waals surface area contributed by atoms with Gasteiger partial charge in [-0.25, -0.2) is 0 Å². The van der Waals surface area contributed by atoms with Crippen LogP contribution in [0, 0.1) is 19.8 Å². The molecule has 1 fully saturated rings. The molecule has 0 saturated carbocycles. The van der Waals surface area contributed by atoms with Crippen LogP contribution in [0.2, 0.25) is 0 Å². The van der Waals surface area contributed by atoms with Gasteiger partial charge in [0.1, 0.15) is 0 Å². The number of aliphatic carboxylic acids is 1. The highest BCUT2D eigenvalue weighted by atomic mass is 32.2. The number of carboxylic acid groups (broad SMARTS) is 1. The van der Waals surface area contributed by atoms with Crippen molar-refractivity contribution in [3.05, 3.63) is 29.3 Å². The van der Waals surface area contributed by atoms with Crippen LogP contribution in [0.15, 0.2) is 23.1 Å². The summed E-state index contributed by atoms with van der Waals surface area (Å²) in [7, 11) is 1.64. The van der Waals surface area contributed by atoms with Gasteiger partial charge in [0.05, 0.1) is 12.5 Å². The monoisotopic (exact) mass is 392 g/mol. The molecular weight excluding hydrogens is 364 g/mol. The van der Waals surface area contributed by atoms with E-state index in [1.54, 1.807) is 23.7 Å². The Morgan fingerprint density at radius 2 is 1.85 bits per heavy atom. The van der Waals surface area contributed by atoms with Crippen LogP contribution in [0.25, 0.3) is 0 Å². The van der Waals surface area contributed by atoms with Crippen molar-refractivity contribution in [1.82, 2.24) is 9.80 Å². The van der Waals surface area contributed by atoms with Crippen molar-refractivity contribution in [3.8, 4) is 0 Å². The van der Waals surface area contributed by atoms with E-state index >= 15 is 0 Å². The van der Waals surface area contributed by atoms with Gasteiger partial charge in [-0.3, -0.25) is 14.4 Å². The summed E-state index contributed by atoms with van der Waals surface area (Å²) in [5.74, 6) is -0.660. The summed E-state index contributed by atoms with van der Waals surface area (Å²) in [6.45, 7) is 5.08. The van der Waals surface area contributed by atoms with E-state index in [2.05, 4.69) is 32.0 Å². The Balaban J connectivity index is 1.72. The quantitative estimate of drug-likeness (QED) is 0.722. The van der Waals surface area contributed by atoms with Gasteiger partial charge in [-0.2, -0.15) is 0 Å². The van der Waals surface area contributed by atoms with E-state index in [1.165, 1.54) is 16.0 Å². The summed E-state index contributed by atoms with van der Waals surface area (Å²) in [6, 6.07) is 6.27. The normalized spacial score (nSPS) is 14.9. The Labute approximate surface area is 164 Å². The number of carbonyl (C=O) groups excluding carboxylic acids is 2. The van der Waals surface area contributed by atoms with Gasteiger partial charge in [-0.1, -0.05) is 6.07 Å². The van der Waals surface area contributed by atoms with Crippen molar-refractivity contribution in [3.63, 3.8) is 0 Å². The molecule has 0 unspecified atom stereocenters. The topological polar surface area (TPSA) is 77.9 Å². The van der Waals surface area contributed by atoms with Crippen LogP contribution >= 0.6 is 11.8 Å². The summed E-state index contributed by atoms with van der Waals surface area (Å²) >= 11 is 1.64. The van der Waals surface area contributed by atoms with Gasteiger partial charge in [-0.05, 0) is 49.9 Å². The van der Waals surface area contributed by atoms with E-state index in [4.69, 9.17) is 5.11 Å². The minimum atomic E-state index is -0.796. The van der Waals surface area contributed by atoms with E-state index in [0.717, 1.165) is 4.90 Å². The Bertz CT molecular complexity index is 699. The summed E-state index contributed by atoms with van der Waals surface area (Å²) < 4.78 is 0. The maximum absolute atomic E-state index is 12.3. The molecule has 0 aliphatic carbocycles. The second kappa shape index (κ2) is 9.78. The third kappa shape index (κ3) is 6.27. The molecule has 27 heavy (non-hydrogen) atoms. The van der Waals surface area contributed by atoms with Gasteiger partial charge in [0, 0.05) is 37.2 Å². The molecule has 2 rings (SSSR count). The van der Waals surface area contributed by atoms with Crippen molar-refractivity contribution < 1.29 is 19.5 Å². The number of piperidine rings is 1. The zero-order chi connectivity index (χ0) is 20.0. The molecule has 1 aliphatic rings. The standard InChI is InChI=1S/C20H28N2O4S/c1-14-4-5-17(12-15(14)2)27-11-8-18(23)21(3)13-19(24)22-9-6-16(7-10-22)20(25)26/h4-5,12,16H,6-11,13H2,1-3H3,(H,25,26). The molecule has 1 N–H and O–H groups in total. The Hall–Kier alpha value is -2.02. The van der Waals surface area contributed by atoms with E-state index in [-0.39, 0.29) is 24.3 Å². The van der Waals surface area contributed by atoms with Crippen LogP contribution in [0.5, 0.6) is 0 Å². The smallest absolute Gasteiger partial charge is 0.306 e. The largest absolute Gasteiger partial charge is 0.481 e. The minimum Gasteiger partial charge on any atom is -0.481 e. The molecule has 1 saturated heterocycles. The molecule has 0 atom stereocenters. The number of likely N-dealkylation sites (N-methyl/N-ethyl adjacent to an activating group) is 1. The Morgan fingerprint density at radius 3 is 2.44 bits per heavy atom. The first kappa shape index (κ1) is 21.3. The predicted molar refractivity (Wildman–Crippen MR) is 106 cm³/mol. The fourth-order valence-electron chi connectivity index (χ4n) is 3.02. The lowest BCUT2D eigenvalue weighted by Crippen LogP contribution is -2.45. The summed E-state index contributed by atoms with van der Waals surface area (Å²) in [4.78, 5) is 39.9. The number of carboxylic acids is 1. The van der Waals surface area contributed by atoms with Crippen molar-refractivity contribution in [1.29, 1.82) is 0 Å². The van der Waals surface area contributed by atoms with Gasteiger partial charge < -0.3 is 14.9 Å². The lowest BCUT2D eigenvalue weighted by molar-refractivity contribution is -0.146. The first-order valence-corrected chi connectivity index (χ1v) is 10.2. The number of hydrogen-bond acceptors (Lipinski definition) is 4. The maximum atomic E-state index is 12.3. The number of amides is 2. The number of hydrogen-bond donors (Lipinski definition) is 1. The molecule has 0 spiro atoms. The van der Waals surface area contributed by atoms with Crippen LogP contribution < -0.4 is 0 Å². The fourth-order valence-corrected chi connectivity index (χ4v) is 3.95. The average Bonchev–Trinajstić information content (AvgIpc) is 2.64. The number of likely N-dealkylation sites (tertiary alicyclic amines) is 1. The number of thioether (sulfide) groups is 1. The molecule has 6 nitrogen and oxygen atoms in total. The molecule has 0 aromatic heterocycles. The zero-order valence-electron chi connectivity index (χ0n) is 16.2. The fraction of sp³-hybridized carbons (Fsp3) is 0.550. The second-order valence-corrected chi connectivity index (χ2v) is 8.26. The molecule has 1 aliphatic heterocycles. The van der Waals surface area contributed by atoms with E-state index in [9.17, 15) is 14.4 Å². The SMILES string of the molecule is Cc1ccc(SCCC(=O)N(C)CC(=O)N2CCC(C(=O)O)CC2)cc1C. The van der Waals surface area contributed by atoms with Crippen molar-refractivity contribution >= 4 is 29.5 Å². The lowest BCUT2D eigenvalue weighted by Gasteiger charge is -2.31. The second-order valence-electron chi connectivity index (χ2n) is 7.09. The van der Waals surface area contributed by atoms with Crippen LogP contribution in [0.3, 0.4) is 0 Å². The number of aryl methyl sites for hydroxylation is 2. The molecule has 148 valence electrons. The zero-order valence-corrected chi connectivity index (χ0v) is 17.1. The third-order valence-corrected chi connectivity index (χ3v) is 6.05. The summed E-state index contributed by atoms with van der Waals surface area (Å²) in [6.07, 6.45) is 1.33. The van der Waals surface area contributed by atoms with Crippen molar-refractivity contribution in [2.75, 3.05) is 32.4 Å². The highest BCUT2D eigenvalue weighted by molar-refractivity contribution is 7.99. The van der Waals surface area contributed by atoms with E-state index in [1.807, 2.05) is 0 Å². The number of benzene rings is 1. The average molecular weight is 393 g/mol. The number of nitrogens with zero attached hydrogens (tertiary/aromatic N) is 2. The molecular formula is C20H28N2O4S. The molecule has 7 heteroatoms. The Kier molecular flexibility index (Phi) is 7.71. The lowest BCUT2D eigenvalue weighted by atomic mass is 9.97. The number of rotatable bonds is 7. The third-order valence-electron chi connectivity index (χ3n) is 5.06. The first-order valence-electron chi connectivity index (χ1n) is 9.22. The van der Waals surface area contributed by atoms with Gasteiger partial charge in [0.2, 0.25) is 11.8 Å². The van der Waals surface area contributed by atoms with Crippen LogP contribution in [-0.4, -0.2) is 65.1 Å². The Morgan fingerprint density at radius 1 is 1.19 bits per heavy atom. The van der Waals surface area contributed by atoms with Crippen LogP contribution in [-0.2, 0) is 14.4 Å². The highest BCUT2D eigenvalue weighted by Gasteiger charge is 2.27. The van der Waals surface area contributed by atoms with Gasteiger partial charge in [-0.15, -0.1) is 11.8 Å². The van der Waals surface area contributed by atoms with Crippen LogP contribution in [0.1, 0.15) is 30.4 Å². The van der Waals surface area contributed by atoms with Gasteiger partial charge in [0.25, 0.3) is 0 Å². The predicted octanol–water partition coefficient (Wildman–Crippen LogP) is 2.57. The molecule has 1 heterocycles. The summed E-state index contributed by atoms with van der Waals surface area (Å²) in [5.41, 5.74) is 2.49. The molecule has 1 aromatic carbocycles. The first-order chi connectivity index (χ1) is 12.8. The molecule has 1 aromatic rings. The molecule has 2 amide bonds. The van der Waals surface area contributed by atoms with Crippen LogP contribution in [0.4, 0.5) is 0 Å². The summed E-state index contributed by atoms with van der Waals surface area (Å²) in [5, 5.41) is 9.02. The highest BCUT2D eigenvalue weighted by Crippen LogP contribution is 2.22.